The topological polar surface area (TPSA) is 84.4 Å². The number of carbonyl (C=O) groups excluding carboxylic acids is 2. The van der Waals surface area contributed by atoms with Crippen LogP contribution in [0.2, 0.25) is 10.0 Å². The number of carbonyl (C=O) groups is 2. The fourth-order valence-electron chi connectivity index (χ4n) is 3.24. The molecule has 3 heterocycles. The molecule has 1 aliphatic heterocycles. The van der Waals surface area contributed by atoms with Crippen LogP contribution in [0.1, 0.15) is 33.6 Å². The molecule has 0 aliphatic carbocycles. The van der Waals surface area contributed by atoms with Gasteiger partial charge in [-0.2, -0.15) is 4.39 Å². The Kier molecular flexibility index (Phi) is 7.01. The predicted octanol–water partition coefficient (Wildman–Crippen LogP) is 5.18. The highest BCUT2D eigenvalue weighted by Crippen LogP contribution is 2.34. The molecule has 0 aromatic carbocycles. The van der Waals surface area contributed by atoms with E-state index in [1.54, 1.807) is 25.7 Å². The summed E-state index contributed by atoms with van der Waals surface area (Å²) in [5.74, 6) is -1.15. The van der Waals surface area contributed by atoms with Gasteiger partial charge in [-0.15, -0.1) is 0 Å². The van der Waals surface area contributed by atoms with Crippen molar-refractivity contribution in [2.75, 3.05) is 18.4 Å². The first kappa shape index (κ1) is 23.2. The molecule has 0 saturated carbocycles. The summed E-state index contributed by atoms with van der Waals surface area (Å²) < 4.78 is 19.0. The summed E-state index contributed by atoms with van der Waals surface area (Å²) in [6.07, 6.45) is 3.42. The first-order valence-corrected chi connectivity index (χ1v) is 10.5. The standard InChI is InChI=1S/C21H23Cl2FN4O3/c1-21(2,3)31-20(30)28-6-4-5-12(11-28)19(29)27-18-8-14(16(23)10-26-18)13-7-17(24)25-9-15(13)22/h7-10,12H,4-6,11H2,1-3H3,(H,26,27,29). The third kappa shape index (κ3) is 6.04. The van der Waals surface area contributed by atoms with Gasteiger partial charge in [0, 0.05) is 42.7 Å². The zero-order valence-electron chi connectivity index (χ0n) is 17.4. The maximum absolute atomic E-state index is 13.6. The van der Waals surface area contributed by atoms with Crippen molar-refractivity contribution in [2.45, 2.75) is 39.2 Å². The van der Waals surface area contributed by atoms with Gasteiger partial charge in [-0.25, -0.2) is 14.8 Å². The Balaban J connectivity index is 1.73. The quantitative estimate of drug-likeness (QED) is 0.627. The maximum atomic E-state index is 13.6. The second kappa shape index (κ2) is 9.36. The molecule has 166 valence electrons. The van der Waals surface area contributed by atoms with Gasteiger partial charge in [0.05, 0.1) is 16.0 Å². The van der Waals surface area contributed by atoms with E-state index in [0.29, 0.717) is 30.5 Å². The number of nitrogens with one attached hydrogen (secondary N) is 1. The zero-order valence-corrected chi connectivity index (χ0v) is 18.9. The van der Waals surface area contributed by atoms with Gasteiger partial charge in [0.2, 0.25) is 11.9 Å². The highest BCUT2D eigenvalue weighted by Gasteiger charge is 2.31. The van der Waals surface area contributed by atoms with Crippen LogP contribution in [0.25, 0.3) is 11.1 Å². The Labute approximate surface area is 189 Å². The molecule has 10 heteroatoms. The molecule has 1 N–H and O–H groups in total. The van der Waals surface area contributed by atoms with E-state index in [1.807, 2.05) is 0 Å². The molecular weight excluding hydrogens is 446 g/mol. The molecule has 7 nitrogen and oxygen atoms in total. The van der Waals surface area contributed by atoms with Gasteiger partial charge in [-0.1, -0.05) is 23.2 Å². The van der Waals surface area contributed by atoms with Gasteiger partial charge in [0.25, 0.3) is 0 Å². The van der Waals surface area contributed by atoms with E-state index < -0.39 is 23.6 Å². The molecule has 2 aromatic rings. The molecule has 1 saturated heterocycles. The molecule has 31 heavy (non-hydrogen) atoms. The second-order valence-corrected chi connectivity index (χ2v) is 9.11. The van der Waals surface area contributed by atoms with Gasteiger partial charge in [0.15, 0.2) is 0 Å². The molecule has 2 aromatic heterocycles. The average molecular weight is 469 g/mol. The molecule has 0 bridgehead atoms. The fourth-order valence-corrected chi connectivity index (χ4v) is 3.66. The molecular formula is C21H23Cl2FN4O3. The van der Waals surface area contributed by atoms with E-state index in [0.717, 1.165) is 6.07 Å². The minimum atomic E-state index is -0.706. The minimum Gasteiger partial charge on any atom is -0.444 e. The molecule has 3 rings (SSSR count). The Morgan fingerprint density at radius 1 is 1.16 bits per heavy atom. The summed E-state index contributed by atoms with van der Waals surface area (Å²) in [7, 11) is 0. The number of ether oxygens (including phenoxy) is 1. The first-order valence-electron chi connectivity index (χ1n) is 9.79. The van der Waals surface area contributed by atoms with Crippen molar-refractivity contribution in [2.24, 2.45) is 5.92 Å². The lowest BCUT2D eigenvalue weighted by molar-refractivity contribution is -0.121. The van der Waals surface area contributed by atoms with Crippen LogP contribution in [0, 0.1) is 11.9 Å². The van der Waals surface area contributed by atoms with E-state index in [-0.39, 0.29) is 28.3 Å². The second-order valence-electron chi connectivity index (χ2n) is 8.29. The number of amides is 2. The van der Waals surface area contributed by atoms with Crippen LogP contribution >= 0.6 is 23.2 Å². The van der Waals surface area contributed by atoms with Crippen molar-refractivity contribution in [3.05, 3.63) is 40.5 Å². The van der Waals surface area contributed by atoms with Gasteiger partial charge in [0.1, 0.15) is 11.4 Å². The summed E-state index contributed by atoms with van der Waals surface area (Å²) in [5, 5.41) is 3.22. The van der Waals surface area contributed by atoms with Crippen LogP contribution in [0.5, 0.6) is 0 Å². The zero-order chi connectivity index (χ0) is 22.8. The number of halogens is 3. The molecule has 0 radical (unpaired) electrons. The van der Waals surface area contributed by atoms with Gasteiger partial charge in [-0.05, 0) is 39.7 Å². The number of rotatable bonds is 3. The van der Waals surface area contributed by atoms with E-state index >= 15 is 0 Å². The Bertz CT molecular complexity index is 997. The van der Waals surface area contributed by atoms with Crippen LogP contribution in [0.15, 0.2) is 24.5 Å². The van der Waals surface area contributed by atoms with Gasteiger partial charge < -0.3 is 15.0 Å². The highest BCUT2D eigenvalue weighted by atomic mass is 35.5. The van der Waals surface area contributed by atoms with Crippen molar-refractivity contribution in [1.82, 2.24) is 14.9 Å². The number of nitrogens with zero attached hydrogens (tertiary/aromatic N) is 3. The normalized spacial score (nSPS) is 16.7. The third-order valence-corrected chi connectivity index (χ3v) is 5.27. The largest absolute Gasteiger partial charge is 0.444 e. The Morgan fingerprint density at radius 2 is 1.81 bits per heavy atom. The minimum absolute atomic E-state index is 0.215. The summed E-state index contributed by atoms with van der Waals surface area (Å²) >= 11 is 12.3. The van der Waals surface area contributed by atoms with Crippen LogP contribution in [0.3, 0.4) is 0 Å². The van der Waals surface area contributed by atoms with Crippen molar-refractivity contribution >= 4 is 41.0 Å². The molecule has 2 amide bonds. The molecule has 1 atom stereocenters. The molecule has 1 aliphatic rings. The maximum Gasteiger partial charge on any atom is 0.410 e. The fraction of sp³-hybridized carbons (Fsp3) is 0.429. The van der Waals surface area contributed by atoms with Crippen LogP contribution in [0.4, 0.5) is 15.0 Å². The van der Waals surface area contributed by atoms with E-state index in [2.05, 4.69) is 15.3 Å². The summed E-state index contributed by atoms with van der Waals surface area (Å²) in [6.45, 7) is 6.17. The SMILES string of the molecule is CC(C)(C)OC(=O)N1CCCC(C(=O)Nc2cc(-c3cc(F)ncc3Cl)c(Cl)cn2)C1. The smallest absolute Gasteiger partial charge is 0.410 e. The van der Waals surface area contributed by atoms with Crippen molar-refractivity contribution in [3.63, 3.8) is 0 Å². The van der Waals surface area contributed by atoms with Crippen LogP contribution < -0.4 is 5.32 Å². The number of hydrogen-bond donors (Lipinski definition) is 1. The lowest BCUT2D eigenvalue weighted by atomic mass is 9.97. The summed E-state index contributed by atoms with van der Waals surface area (Å²) in [4.78, 5) is 34.3. The number of piperidine rings is 1. The van der Waals surface area contributed by atoms with E-state index in [1.165, 1.54) is 18.5 Å². The number of pyridine rings is 2. The lowest BCUT2D eigenvalue weighted by Gasteiger charge is -2.33. The number of aromatic nitrogens is 2. The van der Waals surface area contributed by atoms with Crippen molar-refractivity contribution < 1.29 is 18.7 Å². The number of hydrogen-bond acceptors (Lipinski definition) is 5. The van der Waals surface area contributed by atoms with Crippen LogP contribution in [-0.4, -0.2) is 45.6 Å². The predicted molar refractivity (Wildman–Crippen MR) is 117 cm³/mol. The number of anilines is 1. The summed E-state index contributed by atoms with van der Waals surface area (Å²) in [6, 6.07) is 2.68. The van der Waals surface area contributed by atoms with Crippen molar-refractivity contribution in [1.29, 1.82) is 0 Å². The lowest BCUT2D eigenvalue weighted by Crippen LogP contribution is -2.45. The summed E-state index contributed by atoms with van der Waals surface area (Å²) in [5.41, 5.74) is 0.145. The Morgan fingerprint density at radius 3 is 2.48 bits per heavy atom. The van der Waals surface area contributed by atoms with Gasteiger partial charge >= 0.3 is 6.09 Å². The van der Waals surface area contributed by atoms with Gasteiger partial charge in [-0.3, -0.25) is 4.79 Å². The Hall–Kier alpha value is -2.45. The first-order chi connectivity index (χ1) is 14.5. The molecule has 1 fully saturated rings. The number of likely N-dealkylation sites (tertiary alicyclic amines) is 1. The third-order valence-electron chi connectivity index (χ3n) is 4.66. The average Bonchev–Trinajstić information content (AvgIpc) is 2.70. The molecule has 0 spiro atoms. The van der Waals surface area contributed by atoms with E-state index in [9.17, 15) is 14.0 Å². The molecule has 1 unspecified atom stereocenters. The van der Waals surface area contributed by atoms with Crippen LogP contribution in [-0.2, 0) is 9.53 Å². The monoisotopic (exact) mass is 468 g/mol. The van der Waals surface area contributed by atoms with E-state index in [4.69, 9.17) is 27.9 Å². The van der Waals surface area contributed by atoms with Crippen molar-refractivity contribution in [3.8, 4) is 11.1 Å². The highest BCUT2D eigenvalue weighted by molar-refractivity contribution is 6.36.